The summed E-state index contributed by atoms with van der Waals surface area (Å²) < 4.78 is 12.5. The Labute approximate surface area is 171 Å². The Morgan fingerprint density at radius 3 is 2.41 bits per heavy atom. The topological polar surface area (TPSA) is 56.6 Å². The van der Waals surface area contributed by atoms with Gasteiger partial charge in [0.05, 0.1) is 25.6 Å². The second kappa shape index (κ2) is 8.82. The van der Waals surface area contributed by atoms with Gasteiger partial charge in [0.1, 0.15) is 17.2 Å². The van der Waals surface area contributed by atoms with Crippen LogP contribution in [0.4, 0.5) is 0 Å². The van der Waals surface area contributed by atoms with Crippen LogP contribution in [0.25, 0.3) is 16.9 Å². The molecule has 0 atom stereocenters. The van der Waals surface area contributed by atoms with Gasteiger partial charge in [-0.25, -0.2) is 4.68 Å². The minimum atomic E-state index is -0.0530. The van der Waals surface area contributed by atoms with Crippen LogP contribution < -0.4 is 9.47 Å². The van der Waals surface area contributed by atoms with Gasteiger partial charge >= 0.3 is 0 Å². The Morgan fingerprint density at radius 2 is 1.79 bits per heavy atom. The number of rotatable bonds is 7. The van der Waals surface area contributed by atoms with Crippen LogP contribution in [0.15, 0.2) is 48.5 Å². The normalized spacial score (nSPS) is 10.7. The number of aryl methyl sites for hydroxylation is 1. The number of hydrogen-bond acceptors (Lipinski definition) is 4. The second-order valence-electron chi connectivity index (χ2n) is 6.71. The fraction of sp³-hybridized carbons (Fsp3) is 0.304. The minimum Gasteiger partial charge on any atom is -0.497 e. The maximum atomic E-state index is 13.2. The summed E-state index contributed by atoms with van der Waals surface area (Å²) in [5.41, 5.74) is 3.93. The largest absolute Gasteiger partial charge is 0.497 e. The first-order valence-electron chi connectivity index (χ1n) is 9.71. The highest BCUT2D eigenvalue weighted by Gasteiger charge is 2.22. The molecule has 0 bridgehead atoms. The van der Waals surface area contributed by atoms with Gasteiger partial charge in [-0.2, -0.15) is 5.10 Å². The van der Waals surface area contributed by atoms with Crippen molar-refractivity contribution >= 4 is 5.91 Å². The fourth-order valence-electron chi connectivity index (χ4n) is 3.30. The molecule has 3 aromatic rings. The molecule has 0 spiro atoms. The Balaban J connectivity index is 2.18. The molecule has 0 aliphatic heterocycles. The molecule has 6 heteroatoms. The van der Waals surface area contributed by atoms with Crippen LogP contribution in [0, 0.1) is 6.92 Å². The van der Waals surface area contributed by atoms with Crippen LogP contribution >= 0.6 is 0 Å². The van der Waals surface area contributed by atoms with E-state index in [4.69, 9.17) is 14.6 Å². The number of carbonyl (C=O) groups is 1. The van der Waals surface area contributed by atoms with Crippen LogP contribution in [-0.4, -0.2) is 47.9 Å². The first-order chi connectivity index (χ1) is 14.0. The van der Waals surface area contributed by atoms with E-state index in [0.717, 1.165) is 16.8 Å². The van der Waals surface area contributed by atoms with Crippen molar-refractivity contribution in [3.05, 3.63) is 59.8 Å². The molecule has 0 N–H and O–H groups in total. The lowest BCUT2D eigenvalue weighted by Gasteiger charge is -2.19. The van der Waals surface area contributed by atoms with Gasteiger partial charge in [0.25, 0.3) is 5.91 Å². The van der Waals surface area contributed by atoms with Crippen LogP contribution in [0.3, 0.4) is 0 Å². The number of hydrogen-bond donors (Lipinski definition) is 0. The predicted molar refractivity (Wildman–Crippen MR) is 114 cm³/mol. The summed E-state index contributed by atoms with van der Waals surface area (Å²) in [5.74, 6) is 1.28. The molecule has 6 nitrogen and oxygen atoms in total. The molecule has 0 radical (unpaired) electrons. The number of amides is 1. The van der Waals surface area contributed by atoms with Crippen molar-refractivity contribution in [2.75, 3.05) is 27.3 Å². The van der Waals surface area contributed by atoms with Crippen molar-refractivity contribution < 1.29 is 14.3 Å². The van der Waals surface area contributed by atoms with Gasteiger partial charge in [-0.3, -0.25) is 4.79 Å². The van der Waals surface area contributed by atoms with Crippen molar-refractivity contribution in [1.82, 2.24) is 14.7 Å². The van der Waals surface area contributed by atoms with E-state index in [1.807, 2.05) is 69.3 Å². The van der Waals surface area contributed by atoms with Gasteiger partial charge < -0.3 is 14.4 Å². The molecule has 0 fully saturated rings. The number of carbonyl (C=O) groups excluding carboxylic acids is 1. The predicted octanol–water partition coefficient (Wildman–Crippen LogP) is 4.35. The Hall–Kier alpha value is -3.28. The number of ether oxygens (including phenoxy) is 2. The molecule has 0 saturated carbocycles. The summed E-state index contributed by atoms with van der Waals surface area (Å²) in [5, 5.41) is 4.78. The lowest BCUT2D eigenvalue weighted by atomic mass is 10.1. The summed E-state index contributed by atoms with van der Waals surface area (Å²) in [6.45, 7) is 7.24. The summed E-state index contributed by atoms with van der Waals surface area (Å²) in [7, 11) is 3.22. The number of nitrogens with zero attached hydrogens (tertiary/aromatic N) is 3. The molecule has 0 saturated heterocycles. The van der Waals surface area contributed by atoms with E-state index >= 15 is 0 Å². The van der Waals surface area contributed by atoms with E-state index in [2.05, 4.69) is 0 Å². The maximum absolute atomic E-state index is 13.2. The van der Waals surface area contributed by atoms with Crippen LogP contribution in [0.2, 0.25) is 0 Å². The average Bonchev–Trinajstić information content (AvgIpc) is 3.19. The minimum absolute atomic E-state index is 0.0530. The van der Waals surface area contributed by atoms with Crippen LogP contribution in [-0.2, 0) is 0 Å². The third-order valence-corrected chi connectivity index (χ3v) is 4.91. The van der Waals surface area contributed by atoms with Crippen molar-refractivity contribution in [3.8, 4) is 28.4 Å². The molecule has 0 unspecified atom stereocenters. The highest BCUT2D eigenvalue weighted by atomic mass is 16.5. The van der Waals surface area contributed by atoms with E-state index < -0.39 is 0 Å². The highest BCUT2D eigenvalue weighted by molar-refractivity contribution is 5.94. The lowest BCUT2D eigenvalue weighted by molar-refractivity contribution is 0.0764. The zero-order chi connectivity index (χ0) is 21.0. The summed E-state index contributed by atoms with van der Waals surface area (Å²) in [6, 6.07) is 15.3. The summed E-state index contributed by atoms with van der Waals surface area (Å²) in [4.78, 5) is 15.0. The van der Waals surface area contributed by atoms with E-state index in [1.54, 1.807) is 23.8 Å². The Morgan fingerprint density at radius 1 is 1.03 bits per heavy atom. The van der Waals surface area contributed by atoms with Crippen molar-refractivity contribution in [2.45, 2.75) is 20.8 Å². The third kappa shape index (κ3) is 4.11. The quantitative estimate of drug-likeness (QED) is 0.599. The van der Waals surface area contributed by atoms with Gasteiger partial charge in [-0.05, 0) is 56.7 Å². The van der Waals surface area contributed by atoms with Crippen molar-refractivity contribution in [3.63, 3.8) is 0 Å². The molecule has 0 aliphatic carbocycles. The zero-order valence-electron chi connectivity index (χ0n) is 17.6. The van der Waals surface area contributed by atoms with Gasteiger partial charge in [0.15, 0.2) is 0 Å². The second-order valence-corrected chi connectivity index (χ2v) is 6.71. The number of benzene rings is 2. The van der Waals surface area contributed by atoms with Gasteiger partial charge in [0.2, 0.25) is 0 Å². The molecule has 2 aromatic carbocycles. The van der Waals surface area contributed by atoms with E-state index in [1.165, 1.54) is 0 Å². The summed E-state index contributed by atoms with van der Waals surface area (Å²) in [6.07, 6.45) is 0. The maximum Gasteiger partial charge on any atom is 0.272 e. The molecule has 1 aromatic heterocycles. The van der Waals surface area contributed by atoms with Crippen molar-refractivity contribution in [1.29, 1.82) is 0 Å². The molecular weight excluding hydrogens is 366 g/mol. The van der Waals surface area contributed by atoms with Gasteiger partial charge in [0, 0.05) is 24.7 Å². The molecular formula is C23H27N3O3. The first-order valence-corrected chi connectivity index (χ1v) is 9.71. The van der Waals surface area contributed by atoms with Crippen molar-refractivity contribution in [2.24, 2.45) is 0 Å². The monoisotopic (exact) mass is 393 g/mol. The van der Waals surface area contributed by atoms with E-state index in [-0.39, 0.29) is 5.91 Å². The molecule has 1 amide bonds. The molecule has 1 heterocycles. The highest BCUT2D eigenvalue weighted by Crippen LogP contribution is 2.33. The van der Waals surface area contributed by atoms with Crippen LogP contribution in [0.5, 0.6) is 11.5 Å². The zero-order valence-corrected chi connectivity index (χ0v) is 17.6. The third-order valence-electron chi connectivity index (χ3n) is 4.91. The standard InChI is InChI=1S/C23H27N3O3/c1-6-25(7-2)23(27)21-15-20(19-12-11-18(28-4)14-22(19)29-5)24-26(21)17-10-8-9-16(3)13-17/h8-15H,6-7H2,1-5H3. The Kier molecular flexibility index (Phi) is 6.22. The van der Waals surface area contributed by atoms with E-state index in [9.17, 15) is 4.79 Å². The summed E-state index contributed by atoms with van der Waals surface area (Å²) >= 11 is 0. The fourth-order valence-corrected chi connectivity index (χ4v) is 3.30. The SMILES string of the molecule is CCN(CC)C(=O)c1cc(-c2ccc(OC)cc2OC)nn1-c1cccc(C)c1. The van der Waals surface area contributed by atoms with Gasteiger partial charge in [-0.1, -0.05) is 12.1 Å². The average molecular weight is 393 g/mol. The number of aromatic nitrogens is 2. The lowest BCUT2D eigenvalue weighted by Crippen LogP contribution is -2.32. The van der Waals surface area contributed by atoms with E-state index in [0.29, 0.717) is 36.0 Å². The Bertz CT molecular complexity index is 1010. The van der Waals surface area contributed by atoms with Crippen LogP contribution in [0.1, 0.15) is 29.9 Å². The molecule has 29 heavy (non-hydrogen) atoms. The molecule has 3 rings (SSSR count). The number of methoxy groups -OCH3 is 2. The smallest absolute Gasteiger partial charge is 0.272 e. The molecule has 0 aliphatic rings. The van der Waals surface area contributed by atoms with Gasteiger partial charge in [-0.15, -0.1) is 0 Å². The molecule has 152 valence electrons. The first kappa shape index (κ1) is 20.5.